The van der Waals surface area contributed by atoms with E-state index in [0.717, 1.165) is 11.3 Å². The van der Waals surface area contributed by atoms with E-state index in [4.69, 9.17) is 11.6 Å². The summed E-state index contributed by atoms with van der Waals surface area (Å²) in [5, 5.41) is 3.17. The van der Waals surface area contributed by atoms with Gasteiger partial charge in [-0.05, 0) is 43.7 Å². The Bertz CT molecular complexity index is 1130. The summed E-state index contributed by atoms with van der Waals surface area (Å²) in [6, 6.07) is 10.2. The number of benzene rings is 2. The van der Waals surface area contributed by atoms with Gasteiger partial charge in [0.2, 0.25) is 15.9 Å². The van der Waals surface area contributed by atoms with Gasteiger partial charge in [-0.2, -0.15) is 0 Å². The highest BCUT2D eigenvalue weighted by Crippen LogP contribution is 2.24. The van der Waals surface area contributed by atoms with Gasteiger partial charge in [-0.25, -0.2) is 18.1 Å². The molecule has 0 saturated carbocycles. The predicted octanol–water partition coefficient (Wildman–Crippen LogP) is 3.45. The van der Waals surface area contributed by atoms with E-state index < -0.39 is 10.0 Å². The first kappa shape index (κ1) is 21.0. The van der Waals surface area contributed by atoms with Gasteiger partial charge < -0.3 is 9.88 Å². The second-order valence-corrected chi connectivity index (χ2v) is 8.74. The highest BCUT2D eigenvalue weighted by molar-refractivity contribution is 7.89. The van der Waals surface area contributed by atoms with Crippen LogP contribution in [0.5, 0.6) is 0 Å². The lowest BCUT2D eigenvalue weighted by Crippen LogP contribution is -2.28. The standard InChI is InChI=1S/C20H21ClN4O3S/c1-14-3-6-19(15(2)11-14)29(27,28)23-8-7-20(26)24-16-4-5-18(17(21)12-16)25-10-9-22-13-25/h3-6,9-13,23H,7-8H2,1-2H3,(H,24,26). The number of aryl methyl sites for hydroxylation is 2. The van der Waals surface area contributed by atoms with Crippen LogP contribution in [0.4, 0.5) is 5.69 Å². The Morgan fingerprint density at radius 3 is 2.62 bits per heavy atom. The van der Waals surface area contributed by atoms with E-state index in [-0.39, 0.29) is 23.8 Å². The second-order valence-electron chi connectivity index (χ2n) is 6.60. The molecule has 0 bridgehead atoms. The Morgan fingerprint density at radius 2 is 1.97 bits per heavy atom. The zero-order valence-electron chi connectivity index (χ0n) is 16.0. The number of aromatic nitrogens is 2. The average molecular weight is 433 g/mol. The third-order valence-corrected chi connectivity index (χ3v) is 6.20. The minimum absolute atomic E-state index is 0.00890. The van der Waals surface area contributed by atoms with E-state index in [1.54, 1.807) is 66.6 Å². The number of sulfonamides is 1. The lowest BCUT2D eigenvalue weighted by Gasteiger charge is -2.11. The number of hydrogen-bond acceptors (Lipinski definition) is 4. The molecular formula is C20H21ClN4O3S. The molecule has 1 amide bonds. The maximum absolute atomic E-state index is 12.4. The van der Waals surface area contributed by atoms with Crippen molar-refractivity contribution in [3.8, 4) is 5.69 Å². The van der Waals surface area contributed by atoms with Crippen molar-refractivity contribution >= 4 is 33.2 Å². The Balaban J connectivity index is 1.57. The molecule has 1 aromatic heterocycles. The van der Waals surface area contributed by atoms with Crippen LogP contribution in [-0.2, 0) is 14.8 Å². The molecule has 3 aromatic rings. The van der Waals surface area contributed by atoms with Gasteiger partial charge in [-0.3, -0.25) is 4.79 Å². The van der Waals surface area contributed by atoms with Crippen LogP contribution in [0.25, 0.3) is 5.69 Å². The first-order valence-corrected chi connectivity index (χ1v) is 10.8. The summed E-state index contributed by atoms with van der Waals surface area (Å²) in [6.07, 6.45) is 5.03. The molecule has 152 valence electrons. The fourth-order valence-corrected chi connectivity index (χ4v) is 4.43. The third kappa shape index (κ3) is 5.23. The molecule has 0 atom stereocenters. The van der Waals surface area contributed by atoms with Crippen molar-refractivity contribution in [2.75, 3.05) is 11.9 Å². The molecule has 0 aliphatic carbocycles. The summed E-state index contributed by atoms with van der Waals surface area (Å²) in [7, 11) is -3.67. The smallest absolute Gasteiger partial charge is 0.240 e. The SMILES string of the molecule is Cc1ccc(S(=O)(=O)NCCC(=O)Nc2ccc(-n3ccnc3)c(Cl)c2)c(C)c1. The number of rotatable bonds is 7. The van der Waals surface area contributed by atoms with Crippen LogP contribution in [0.1, 0.15) is 17.5 Å². The molecule has 0 aliphatic rings. The minimum Gasteiger partial charge on any atom is -0.326 e. The van der Waals surface area contributed by atoms with Crippen molar-refractivity contribution in [1.82, 2.24) is 14.3 Å². The van der Waals surface area contributed by atoms with E-state index >= 15 is 0 Å². The molecule has 0 unspecified atom stereocenters. The maximum atomic E-state index is 12.4. The Kier molecular flexibility index (Phi) is 6.36. The summed E-state index contributed by atoms with van der Waals surface area (Å²) >= 11 is 6.27. The lowest BCUT2D eigenvalue weighted by atomic mass is 10.2. The van der Waals surface area contributed by atoms with Crippen LogP contribution in [0.15, 0.2) is 60.0 Å². The third-order valence-electron chi connectivity index (χ3n) is 4.28. The number of hydrogen-bond donors (Lipinski definition) is 2. The number of anilines is 1. The molecule has 0 spiro atoms. The zero-order chi connectivity index (χ0) is 21.0. The van der Waals surface area contributed by atoms with Crippen molar-refractivity contribution in [3.63, 3.8) is 0 Å². The molecule has 2 N–H and O–H groups in total. The molecule has 0 fully saturated rings. The number of nitrogens with zero attached hydrogens (tertiary/aromatic N) is 2. The lowest BCUT2D eigenvalue weighted by molar-refractivity contribution is -0.116. The van der Waals surface area contributed by atoms with Gasteiger partial charge in [0.25, 0.3) is 0 Å². The van der Waals surface area contributed by atoms with Gasteiger partial charge in [0.1, 0.15) is 0 Å². The van der Waals surface area contributed by atoms with Crippen molar-refractivity contribution < 1.29 is 13.2 Å². The number of carbonyl (C=O) groups is 1. The normalized spacial score (nSPS) is 11.4. The van der Waals surface area contributed by atoms with Crippen LogP contribution >= 0.6 is 11.6 Å². The van der Waals surface area contributed by atoms with Gasteiger partial charge >= 0.3 is 0 Å². The number of carbonyl (C=O) groups excluding carboxylic acids is 1. The van der Waals surface area contributed by atoms with E-state index in [9.17, 15) is 13.2 Å². The number of halogens is 1. The van der Waals surface area contributed by atoms with Crippen LogP contribution in [0.3, 0.4) is 0 Å². The molecular weight excluding hydrogens is 412 g/mol. The first-order valence-electron chi connectivity index (χ1n) is 8.91. The minimum atomic E-state index is -3.67. The van der Waals surface area contributed by atoms with Gasteiger partial charge in [0, 0.05) is 31.0 Å². The van der Waals surface area contributed by atoms with Crippen LogP contribution < -0.4 is 10.0 Å². The first-order chi connectivity index (χ1) is 13.8. The van der Waals surface area contributed by atoms with Gasteiger partial charge in [0.05, 0.1) is 21.9 Å². The fourth-order valence-electron chi connectivity index (χ4n) is 2.90. The number of imidazole rings is 1. The fraction of sp³-hybridized carbons (Fsp3) is 0.200. The molecule has 7 nitrogen and oxygen atoms in total. The highest BCUT2D eigenvalue weighted by Gasteiger charge is 2.17. The van der Waals surface area contributed by atoms with E-state index in [1.807, 2.05) is 6.92 Å². The molecule has 0 radical (unpaired) electrons. The Morgan fingerprint density at radius 1 is 1.17 bits per heavy atom. The highest BCUT2D eigenvalue weighted by atomic mass is 35.5. The summed E-state index contributed by atoms with van der Waals surface area (Å²) in [6.45, 7) is 3.63. The Hall–Kier alpha value is -2.68. The summed E-state index contributed by atoms with van der Waals surface area (Å²) in [4.78, 5) is 16.4. The topological polar surface area (TPSA) is 93.1 Å². The second kappa shape index (κ2) is 8.77. The van der Waals surface area contributed by atoms with Crippen LogP contribution in [0.2, 0.25) is 5.02 Å². The van der Waals surface area contributed by atoms with Crippen molar-refractivity contribution in [2.24, 2.45) is 0 Å². The van der Waals surface area contributed by atoms with Gasteiger partial charge in [0.15, 0.2) is 0 Å². The van der Waals surface area contributed by atoms with Gasteiger partial charge in [-0.15, -0.1) is 0 Å². The van der Waals surface area contributed by atoms with E-state index in [1.165, 1.54) is 0 Å². The molecule has 0 aliphatic heterocycles. The van der Waals surface area contributed by atoms with Crippen LogP contribution in [-0.4, -0.2) is 30.4 Å². The summed E-state index contributed by atoms with van der Waals surface area (Å²) < 4.78 is 29.1. The van der Waals surface area contributed by atoms with Crippen molar-refractivity contribution in [3.05, 3.63) is 71.3 Å². The quantitative estimate of drug-likeness (QED) is 0.598. The maximum Gasteiger partial charge on any atom is 0.240 e. The average Bonchev–Trinajstić information content (AvgIpc) is 3.15. The molecule has 2 aromatic carbocycles. The van der Waals surface area contributed by atoms with Crippen molar-refractivity contribution in [2.45, 2.75) is 25.2 Å². The Labute approximate surface area is 174 Å². The summed E-state index contributed by atoms with van der Waals surface area (Å²) in [5.74, 6) is -0.320. The monoisotopic (exact) mass is 432 g/mol. The molecule has 3 rings (SSSR count). The van der Waals surface area contributed by atoms with Crippen LogP contribution in [0, 0.1) is 13.8 Å². The van der Waals surface area contributed by atoms with Crippen molar-refractivity contribution in [1.29, 1.82) is 0 Å². The van der Waals surface area contributed by atoms with E-state index in [2.05, 4.69) is 15.0 Å². The van der Waals surface area contributed by atoms with Gasteiger partial charge in [-0.1, -0.05) is 29.3 Å². The van der Waals surface area contributed by atoms with E-state index in [0.29, 0.717) is 16.3 Å². The largest absolute Gasteiger partial charge is 0.326 e. The molecule has 29 heavy (non-hydrogen) atoms. The number of nitrogens with one attached hydrogen (secondary N) is 2. The molecule has 1 heterocycles. The summed E-state index contributed by atoms with van der Waals surface area (Å²) in [5.41, 5.74) is 2.91. The molecule has 0 saturated heterocycles. The zero-order valence-corrected chi connectivity index (χ0v) is 17.6. The molecule has 9 heteroatoms. The number of amides is 1. The predicted molar refractivity (Wildman–Crippen MR) is 113 cm³/mol.